The summed E-state index contributed by atoms with van der Waals surface area (Å²) in [5.41, 5.74) is 2.82. The molecule has 0 bridgehead atoms. The van der Waals surface area contributed by atoms with Crippen LogP contribution in [0.15, 0.2) is 23.3 Å². The first-order valence-electron chi connectivity index (χ1n) is 5.93. The average Bonchev–Trinajstić information content (AvgIpc) is 2.12. The first-order valence-corrected chi connectivity index (χ1v) is 5.93. The largest absolute Gasteiger partial charge is 0.303 e. The average molecular weight is 206 g/mol. The van der Waals surface area contributed by atoms with Gasteiger partial charge in [-0.3, -0.25) is 0 Å². The van der Waals surface area contributed by atoms with Gasteiger partial charge in [-0.25, -0.2) is 0 Å². The van der Waals surface area contributed by atoms with Gasteiger partial charge in [0.05, 0.1) is 0 Å². The van der Waals surface area contributed by atoms with Crippen LogP contribution in [0.2, 0.25) is 0 Å². The molecule has 0 amide bonds. The van der Waals surface area contributed by atoms with Gasteiger partial charge < -0.3 is 4.79 Å². The van der Waals surface area contributed by atoms with E-state index in [1.165, 1.54) is 17.6 Å². The summed E-state index contributed by atoms with van der Waals surface area (Å²) >= 11 is 0. The van der Waals surface area contributed by atoms with Crippen LogP contribution in [-0.4, -0.2) is 6.29 Å². The van der Waals surface area contributed by atoms with Crippen LogP contribution in [0.5, 0.6) is 0 Å². The number of aldehydes is 1. The van der Waals surface area contributed by atoms with E-state index in [-0.39, 0.29) is 0 Å². The van der Waals surface area contributed by atoms with Gasteiger partial charge in [-0.05, 0) is 38.0 Å². The number of hydrogen-bond acceptors (Lipinski definition) is 1. The third-order valence-corrected chi connectivity index (χ3v) is 2.81. The number of hydrogen-bond donors (Lipinski definition) is 0. The summed E-state index contributed by atoms with van der Waals surface area (Å²) in [6.07, 6.45) is 9.69. The molecular weight excluding hydrogens is 184 g/mol. The Morgan fingerprint density at radius 3 is 2.87 bits per heavy atom. The molecule has 0 aliphatic heterocycles. The summed E-state index contributed by atoms with van der Waals surface area (Å²) in [6.45, 7) is 6.70. The highest BCUT2D eigenvalue weighted by Crippen LogP contribution is 2.29. The van der Waals surface area contributed by atoms with Crippen LogP contribution in [0.1, 0.15) is 46.5 Å². The molecule has 1 aliphatic carbocycles. The molecule has 1 rings (SSSR count). The molecule has 0 heterocycles. The molecule has 84 valence electrons. The van der Waals surface area contributed by atoms with Crippen LogP contribution in [0.25, 0.3) is 0 Å². The molecule has 0 aromatic heterocycles. The lowest BCUT2D eigenvalue weighted by Gasteiger charge is -2.22. The number of rotatable bonds is 5. The summed E-state index contributed by atoms with van der Waals surface area (Å²) in [5, 5.41) is 0. The summed E-state index contributed by atoms with van der Waals surface area (Å²) in [6, 6.07) is 0. The number of carbonyl (C=O) groups excluding carboxylic acids is 1. The van der Waals surface area contributed by atoms with Crippen LogP contribution in [-0.2, 0) is 4.79 Å². The Balaban J connectivity index is 2.54. The molecule has 1 atom stereocenters. The summed E-state index contributed by atoms with van der Waals surface area (Å²) in [4.78, 5) is 10.3. The quantitative estimate of drug-likeness (QED) is 0.623. The third kappa shape index (κ3) is 4.46. The maximum absolute atomic E-state index is 10.3. The van der Waals surface area contributed by atoms with Crippen molar-refractivity contribution in [1.82, 2.24) is 0 Å². The van der Waals surface area contributed by atoms with Gasteiger partial charge in [-0.1, -0.05) is 37.1 Å². The Labute approximate surface area is 93.3 Å². The minimum absolute atomic E-state index is 0.674. The van der Waals surface area contributed by atoms with Crippen LogP contribution < -0.4 is 0 Å². The molecule has 1 heteroatoms. The Morgan fingerprint density at radius 1 is 1.53 bits per heavy atom. The van der Waals surface area contributed by atoms with Gasteiger partial charge in [0.15, 0.2) is 0 Å². The van der Waals surface area contributed by atoms with Gasteiger partial charge in [0.25, 0.3) is 0 Å². The summed E-state index contributed by atoms with van der Waals surface area (Å²) in [7, 11) is 0. The van der Waals surface area contributed by atoms with E-state index in [1.54, 1.807) is 0 Å². The molecule has 15 heavy (non-hydrogen) atoms. The minimum Gasteiger partial charge on any atom is -0.303 e. The molecule has 0 saturated heterocycles. The maximum Gasteiger partial charge on any atom is 0.120 e. The van der Waals surface area contributed by atoms with E-state index in [0.29, 0.717) is 12.3 Å². The fourth-order valence-corrected chi connectivity index (χ4v) is 2.37. The first kappa shape index (κ1) is 12.2. The smallest absolute Gasteiger partial charge is 0.120 e. The van der Waals surface area contributed by atoms with Crippen molar-refractivity contribution in [2.45, 2.75) is 46.5 Å². The normalized spacial score (nSPS) is 21.2. The lowest BCUT2D eigenvalue weighted by molar-refractivity contribution is -0.107. The van der Waals surface area contributed by atoms with Gasteiger partial charge in [-0.2, -0.15) is 0 Å². The monoisotopic (exact) mass is 206 g/mol. The van der Waals surface area contributed by atoms with Crippen molar-refractivity contribution in [3.63, 3.8) is 0 Å². The zero-order valence-corrected chi connectivity index (χ0v) is 10.1. The Hall–Kier alpha value is -0.850. The zero-order chi connectivity index (χ0) is 11.3. The third-order valence-electron chi connectivity index (χ3n) is 2.81. The topological polar surface area (TPSA) is 17.1 Å². The first-order chi connectivity index (χ1) is 7.11. The van der Waals surface area contributed by atoms with E-state index in [4.69, 9.17) is 0 Å². The molecule has 0 aromatic carbocycles. The van der Waals surface area contributed by atoms with E-state index in [9.17, 15) is 4.79 Å². The van der Waals surface area contributed by atoms with Crippen molar-refractivity contribution in [3.8, 4) is 0 Å². The Kier molecular flexibility index (Phi) is 4.80. The van der Waals surface area contributed by atoms with E-state index in [2.05, 4.69) is 32.9 Å². The van der Waals surface area contributed by atoms with Crippen molar-refractivity contribution in [2.24, 2.45) is 11.8 Å². The minimum atomic E-state index is 0.674. The second kappa shape index (κ2) is 5.89. The lowest BCUT2D eigenvalue weighted by atomic mass is 9.84. The molecule has 1 unspecified atom stereocenters. The predicted octanol–water partition coefficient (Wildman–Crippen LogP) is 3.90. The lowest BCUT2D eigenvalue weighted by Crippen LogP contribution is -2.07. The second-order valence-electron chi connectivity index (χ2n) is 5.01. The Bertz CT molecular complexity index is 271. The molecular formula is C14H22O. The molecule has 1 nitrogen and oxygen atoms in total. The molecule has 1 aliphatic rings. The number of allylic oxidation sites excluding steroid dienone is 4. The van der Waals surface area contributed by atoms with Crippen molar-refractivity contribution in [2.75, 3.05) is 0 Å². The van der Waals surface area contributed by atoms with Crippen LogP contribution in [0.4, 0.5) is 0 Å². The maximum atomic E-state index is 10.3. The number of carbonyl (C=O) groups is 1. The van der Waals surface area contributed by atoms with Crippen molar-refractivity contribution < 1.29 is 4.79 Å². The molecule has 0 spiro atoms. The molecule has 0 saturated carbocycles. The highest BCUT2D eigenvalue weighted by Gasteiger charge is 2.14. The van der Waals surface area contributed by atoms with Crippen LogP contribution >= 0.6 is 0 Å². The van der Waals surface area contributed by atoms with Crippen LogP contribution in [0, 0.1) is 11.8 Å². The van der Waals surface area contributed by atoms with Gasteiger partial charge in [0.2, 0.25) is 0 Å². The van der Waals surface area contributed by atoms with E-state index in [0.717, 1.165) is 25.0 Å². The fourth-order valence-electron chi connectivity index (χ4n) is 2.37. The van der Waals surface area contributed by atoms with Crippen molar-refractivity contribution in [1.29, 1.82) is 0 Å². The highest BCUT2D eigenvalue weighted by molar-refractivity contribution is 5.50. The molecule has 0 aromatic rings. The molecule has 0 fully saturated rings. The van der Waals surface area contributed by atoms with Crippen molar-refractivity contribution in [3.05, 3.63) is 23.3 Å². The van der Waals surface area contributed by atoms with E-state index >= 15 is 0 Å². The fraction of sp³-hybridized carbons (Fsp3) is 0.643. The van der Waals surface area contributed by atoms with Gasteiger partial charge in [0.1, 0.15) is 6.29 Å². The Morgan fingerprint density at radius 2 is 2.27 bits per heavy atom. The highest BCUT2D eigenvalue weighted by atomic mass is 16.1. The van der Waals surface area contributed by atoms with Crippen LogP contribution in [0.3, 0.4) is 0 Å². The molecule has 0 radical (unpaired) electrons. The predicted molar refractivity (Wildman–Crippen MR) is 64.7 cm³/mol. The van der Waals surface area contributed by atoms with Gasteiger partial charge in [-0.15, -0.1) is 0 Å². The van der Waals surface area contributed by atoms with Gasteiger partial charge in [0, 0.05) is 6.42 Å². The summed E-state index contributed by atoms with van der Waals surface area (Å²) < 4.78 is 0. The SMILES string of the molecule is CC1=CC(CC(C)C)CC(CCC=O)=C1. The zero-order valence-electron chi connectivity index (χ0n) is 10.1. The van der Waals surface area contributed by atoms with E-state index in [1.807, 2.05) is 0 Å². The van der Waals surface area contributed by atoms with Gasteiger partial charge >= 0.3 is 0 Å². The summed E-state index contributed by atoms with van der Waals surface area (Å²) in [5.74, 6) is 1.45. The van der Waals surface area contributed by atoms with Crippen molar-refractivity contribution >= 4 is 6.29 Å². The standard InChI is InChI=1S/C14H22O/c1-11(2)7-14-9-12(3)8-13(10-14)5-4-6-15/h6,8-9,11,14H,4-5,7,10H2,1-3H3. The van der Waals surface area contributed by atoms with E-state index < -0.39 is 0 Å². The second-order valence-corrected chi connectivity index (χ2v) is 5.01. The molecule has 0 N–H and O–H groups in total.